The van der Waals surface area contributed by atoms with Crippen molar-refractivity contribution in [3.8, 4) is 0 Å². The second-order valence-electron chi connectivity index (χ2n) is 8.67. The Morgan fingerprint density at radius 2 is 1.71 bits per heavy atom. The van der Waals surface area contributed by atoms with E-state index in [-0.39, 0.29) is 5.91 Å². The first-order chi connectivity index (χ1) is 13.5. The van der Waals surface area contributed by atoms with Crippen molar-refractivity contribution in [3.63, 3.8) is 0 Å². The second kappa shape index (κ2) is 8.51. The maximum atomic E-state index is 13.1. The predicted octanol–water partition coefficient (Wildman–Crippen LogP) is 2.92. The Morgan fingerprint density at radius 3 is 2.36 bits per heavy atom. The fraction of sp³-hybridized carbons (Fsp3) is 0.714. The number of rotatable bonds is 6. The monoisotopic (exact) mass is 403 g/mol. The van der Waals surface area contributed by atoms with Crippen molar-refractivity contribution in [2.45, 2.75) is 40.2 Å². The first-order valence-corrected chi connectivity index (χ1v) is 11.5. The van der Waals surface area contributed by atoms with Gasteiger partial charge in [0.05, 0.1) is 10.6 Å². The van der Waals surface area contributed by atoms with Crippen LogP contribution in [0, 0.1) is 12.8 Å². The Labute approximate surface area is 172 Å². The highest BCUT2D eigenvalue weighted by Gasteiger charge is 2.25. The first kappa shape index (κ1) is 19.9. The maximum Gasteiger partial charge on any atom is 0.264 e. The molecule has 2 aromatic heterocycles. The fourth-order valence-electron chi connectivity index (χ4n) is 4.31. The van der Waals surface area contributed by atoms with Crippen LogP contribution in [-0.4, -0.2) is 82.7 Å². The minimum Gasteiger partial charge on any atom is -0.335 e. The van der Waals surface area contributed by atoms with Gasteiger partial charge >= 0.3 is 0 Å². The number of aromatic nitrogens is 2. The molecule has 0 radical (unpaired) electrons. The zero-order valence-corrected chi connectivity index (χ0v) is 18.3. The third kappa shape index (κ3) is 4.26. The van der Waals surface area contributed by atoms with Gasteiger partial charge in [0.25, 0.3) is 5.91 Å². The van der Waals surface area contributed by atoms with Crippen LogP contribution < -0.4 is 0 Å². The van der Waals surface area contributed by atoms with Gasteiger partial charge in [-0.1, -0.05) is 13.8 Å². The van der Waals surface area contributed by atoms with Crippen LogP contribution in [-0.2, 0) is 6.54 Å². The number of hydrogen-bond donors (Lipinski definition) is 0. The molecule has 4 rings (SSSR count). The van der Waals surface area contributed by atoms with Crippen molar-refractivity contribution in [1.29, 1.82) is 0 Å². The highest BCUT2D eigenvalue weighted by atomic mass is 32.1. The van der Waals surface area contributed by atoms with E-state index in [2.05, 4.69) is 39.5 Å². The lowest BCUT2D eigenvalue weighted by molar-refractivity contribution is 0.0631. The van der Waals surface area contributed by atoms with Crippen molar-refractivity contribution in [2.75, 3.05) is 52.4 Å². The third-order valence-corrected chi connectivity index (χ3v) is 7.08. The first-order valence-electron chi connectivity index (χ1n) is 10.7. The van der Waals surface area contributed by atoms with Gasteiger partial charge in [-0.05, 0) is 44.8 Å². The molecule has 154 valence electrons. The molecule has 0 spiro atoms. The molecule has 0 unspecified atom stereocenters. The molecule has 0 saturated carbocycles. The van der Waals surface area contributed by atoms with Crippen LogP contribution in [0.15, 0.2) is 6.07 Å². The summed E-state index contributed by atoms with van der Waals surface area (Å²) in [6, 6.07) is 2.06. The van der Waals surface area contributed by atoms with Gasteiger partial charge in [-0.15, -0.1) is 11.3 Å². The Kier molecular flexibility index (Phi) is 6.04. The molecule has 0 aromatic carbocycles. The number of fused-ring (bicyclic) bond motifs is 1. The predicted molar refractivity (Wildman–Crippen MR) is 115 cm³/mol. The van der Waals surface area contributed by atoms with Crippen LogP contribution in [0.2, 0.25) is 0 Å². The quantitative estimate of drug-likeness (QED) is 0.744. The number of carbonyl (C=O) groups is 1. The largest absolute Gasteiger partial charge is 0.335 e. The summed E-state index contributed by atoms with van der Waals surface area (Å²) in [5.74, 6) is 0.730. The summed E-state index contributed by atoms with van der Waals surface area (Å²) < 4.78 is 2.08. The van der Waals surface area contributed by atoms with E-state index in [0.29, 0.717) is 5.92 Å². The van der Waals surface area contributed by atoms with Gasteiger partial charge in [0.2, 0.25) is 0 Å². The van der Waals surface area contributed by atoms with Crippen LogP contribution in [0.1, 0.15) is 42.1 Å². The number of piperazine rings is 1. The summed E-state index contributed by atoms with van der Waals surface area (Å²) in [4.78, 5) is 22.2. The van der Waals surface area contributed by atoms with E-state index in [1.165, 1.54) is 32.5 Å². The van der Waals surface area contributed by atoms with Gasteiger partial charge in [0, 0.05) is 51.2 Å². The number of aryl methyl sites for hydroxylation is 1. The van der Waals surface area contributed by atoms with E-state index >= 15 is 0 Å². The van der Waals surface area contributed by atoms with Crippen molar-refractivity contribution >= 4 is 27.5 Å². The average molecular weight is 404 g/mol. The summed E-state index contributed by atoms with van der Waals surface area (Å²) in [5, 5.41) is 5.79. The molecular weight excluding hydrogens is 370 g/mol. The normalized spacial score (nSPS) is 19.4. The van der Waals surface area contributed by atoms with E-state index < -0.39 is 0 Å². The summed E-state index contributed by atoms with van der Waals surface area (Å²) in [6.07, 6.45) is 2.71. The molecule has 0 aliphatic carbocycles. The molecule has 0 bridgehead atoms. The molecule has 2 fully saturated rings. The van der Waals surface area contributed by atoms with Gasteiger partial charge < -0.3 is 9.80 Å². The Morgan fingerprint density at radius 1 is 1.07 bits per heavy atom. The molecule has 7 heteroatoms. The smallest absolute Gasteiger partial charge is 0.264 e. The van der Waals surface area contributed by atoms with Gasteiger partial charge in [0.1, 0.15) is 4.83 Å². The molecule has 0 atom stereocenters. The third-order valence-electron chi connectivity index (χ3n) is 5.95. The van der Waals surface area contributed by atoms with E-state index in [1.54, 1.807) is 11.3 Å². The molecular formula is C21H33N5OS. The Bertz CT molecular complexity index is 812. The molecule has 6 nitrogen and oxygen atoms in total. The molecule has 4 heterocycles. The number of likely N-dealkylation sites (tertiary alicyclic amines) is 1. The number of carbonyl (C=O) groups excluding carboxylic acids is 1. The molecule has 0 N–H and O–H groups in total. The van der Waals surface area contributed by atoms with Gasteiger partial charge in [-0.3, -0.25) is 14.4 Å². The maximum absolute atomic E-state index is 13.1. The van der Waals surface area contributed by atoms with Gasteiger partial charge in [0.15, 0.2) is 0 Å². The highest BCUT2D eigenvalue weighted by molar-refractivity contribution is 7.20. The zero-order valence-electron chi connectivity index (χ0n) is 17.5. The summed E-state index contributed by atoms with van der Waals surface area (Å²) in [6.45, 7) is 15.8. The lowest BCUT2D eigenvalue weighted by Crippen LogP contribution is -2.50. The van der Waals surface area contributed by atoms with Crippen molar-refractivity contribution in [2.24, 2.45) is 5.92 Å². The molecule has 28 heavy (non-hydrogen) atoms. The minimum atomic E-state index is 0.191. The summed E-state index contributed by atoms with van der Waals surface area (Å²) in [7, 11) is 0. The second-order valence-corrected chi connectivity index (χ2v) is 9.70. The molecule has 1 amide bonds. The van der Waals surface area contributed by atoms with Crippen molar-refractivity contribution < 1.29 is 4.79 Å². The summed E-state index contributed by atoms with van der Waals surface area (Å²) >= 11 is 1.61. The molecule has 2 saturated heterocycles. The molecule has 2 aliphatic heterocycles. The fourth-order valence-corrected chi connectivity index (χ4v) is 5.45. The van der Waals surface area contributed by atoms with Crippen molar-refractivity contribution in [1.82, 2.24) is 24.5 Å². The average Bonchev–Trinajstić information content (AvgIpc) is 3.39. The zero-order chi connectivity index (χ0) is 19.7. The highest BCUT2D eigenvalue weighted by Crippen LogP contribution is 2.30. The number of nitrogens with zero attached hydrogens (tertiary/aromatic N) is 5. The number of hydrogen-bond acceptors (Lipinski definition) is 5. The minimum absolute atomic E-state index is 0.191. The summed E-state index contributed by atoms with van der Waals surface area (Å²) in [5.41, 5.74) is 1.03. The lowest BCUT2D eigenvalue weighted by atomic mass is 10.2. The van der Waals surface area contributed by atoms with E-state index in [4.69, 9.17) is 0 Å². The van der Waals surface area contributed by atoms with Crippen molar-refractivity contribution in [3.05, 3.63) is 16.6 Å². The topological polar surface area (TPSA) is 44.6 Å². The van der Waals surface area contributed by atoms with Crippen LogP contribution in [0.25, 0.3) is 10.2 Å². The SMILES string of the molecule is Cc1nn(CC(C)C)c2sc(C(=O)N3CCN(CCN4CCCC4)CC3)cc12. The van der Waals surface area contributed by atoms with Crippen LogP contribution >= 0.6 is 11.3 Å². The molecule has 2 aliphatic rings. The number of thiophene rings is 1. The Hall–Kier alpha value is -1.44. The van der Waals surface area contributed by atoms with Gasteiger partial charge in [-0.2, -0.15) is 5.10 Å². The van der Waals surface area contributed by atoms with E-state index in [0.717, 1.165) is 60.1 Å². The van der Waals surface area contributed by atoms with E-state index in [9.17, 15) is 4.79 Å². The Balaban J connectivity index is 1.35. The van der Waals surface area contributed by atoms with Crippen LogP contribution in [0.5, 0.6) is 0 Å². The standard InChI is InChI=1S/C21H33N5OS/c1-16(2)15-26-21-18(17(3)22-26)14-19(28-21)20(27)25-12-10-24(11-13-25)9-8-23-6-4-5-7-23/h14,16H,4-13,15H2,1-3H3. The van der Waals surface area contributed by atoms with Crippen LogP contribution in [0.4, 0.5) is 0 Å². The number of amides is 1. The van der Waals surface area contributed by atoms with E-state index in [1.807, 2.05) is 11.8 Å². The molecule has 2 aromatic rings. The van der Waals surface area contributed by atoms with Crippen LogP contribution in [0.3, 0.4) is 0 Å². The van der Waals surface area contributed by atoms with Gasteiger partial charge in [-0.25, -0.2) is 0 Å². The lowest BCUT2D eigenvalue weighted by Gasteiger charge is -2.35.